The maximum Gasteiger partial charge on any atom is 0.329 e. The number of benzene rings is 2. The number of carbonyl (C=O) groups is 4. The van der Waals surface area contributed by atoms with Gasteiger partial charge in [0.1, 0.15) is 12.6 Å². The van der Waals surface area contributed by atoms with Crippen LogP contribution in [0.1, 0.15) is 28.8 Å². The molecule has 4 N–H and O–H groups in total. The number of amides is 1. The van der Waals surface area contributed by atoms with Gasteiger partial charge in [0, 0.05) is 53.6 Å². The lowest BCUT2D eigenvalue weighted by Gasteiger charge is -2.26. The fourth-order valence-electron chi connectivity index (χ4n) is 4.12. The minimum Gasteiger partial charge on any atom is -0.481 e. The Bertz CT molecular complexity index is 1420. The molecule has 224 valence electrons. The zero-order valence-corrected chi connectivity index (χ0v) is 23.5. The predicted molar refractivity (Wildman–Crippen MR) is 154 cm³/mol. The summed E-state index contributed by atoms with van der Waals surface area (Å²) in [4.78, 5) is 62.3. The predicted octanol–water partition coefficient (Wildman–Crippen LogP) is 2.33. The molecule has 4 rings (SSSR count). The molecule has 1 unspecified atom stereocenters. The molecule has 0 saturated carbocycles. The van der Waals surface area contributed by atoms with E-state index in [0.717, 1.165) is 18.5 Å². The van der Waals surface area contributed by atoms with Crippen molar-refractivity contribution < 1.29 is 38.9 Å². The van der Waals surface area contributed by atoms with Crippen LogP contribution in [0, 0.1) is 0 Å². The number of carboxylic acids is 2. The summed E-state index contributed by atoms with van der Waals surface area (Å²) in [5.74, 6) is -3.14. The highest BCUT2D eigenvalue weighted by atomic mass is 35.5. The number of nitrogens with one attached hydrogen (secondary N) is 2. The highest BCUT2D eigenvalue weighted by Gasteiger charge is 2.25. The number of rotatable bonds is 11. The van der Waals surface area contributed by atoms with Crippen molar-refractivity contribution in [3.05, 3.63) is 81.1 Å². The molecule has 0 spiro atoms. The van der Waals surface area contributed by atoms with Crippen LogP contribution in [-0.4, -0.2) is 89.4 Å². The van der Waals surface area contributed by atoms with Crippen molar-refractivity contribution in [2.45, 2.75) is 25.3 Å². The zero-order valence-electron chi connectivity index (χ0n) is 22.7. The van der Waals surface area contributed by atoms with Gasteiger partial charge >= 0.3 is 17.9 Å². The van der Waals surface area contributed by atoms with Gasteiger partial charge in [-0.2, -0.15) is 0 Å². The van der Waals surface area contributed by atoms with Gasteiger partial charge < -0.3 is 30.0 Å². The number of nitrogens with zero attached hydrogens (tertiary/aromatic N) is 1. The van der Waals surface area contributed by atoms with Crippen molar-refractivity contribution in [1.82, 2.24) is 15.2 Å². The molecule has 2 heterocycles. The summed E-state index contributed by atoms with van der Waals surface area (Å²) in [5.41, 5.74) is 1.39. The van der Waals surface area contributed by atoms with E-state index in [1.165, 1.54) is 6.07 Å². The molecule has 12 nitrogen and oxygen atoms in total. The Morgan fingerprint density at radius 1 is 1.00 bits per heavy atom. The number of morpholine rings is 1. The molecule has 13 heteroatoms. The van der Waals surface area contributed by atoms with Crippen LogP contribution in [0.3, 0.4) is 0 Å². The largest absolute Gasteiger partial charge is 0.481 e. The Labute approximate surface area is 246 Å². The van der Waals surface area contributed by atoms with Gasteiger partial charge in [0.15, 0.2) is 0 Å². The lowest BCUT2D eigenvalue weighted by atomic mass is 10.0. The molecule has 42 heavy (non-hydrogen) atoms. The maximum absolute atomic E-state index is 13.0. The van der Waals surface area contributed by atoms with Gasteiger partial charge in [0.2, 0.25) is 5.56 Å². The number of H-pyrrole nitrogens is 1. The van der Waals surface area contributed by atoms with E-state index in [-0.39, 0.29) is 31.4 Å². The number of aliphatic carboxylic acids is 2. The van der Waals surface area contributed by atoms with Gasteiger partial charge in [-0.3, -0.25) is 24.1 Å². The van der Waals surface area contributed by atoms with Gasteiger partial charge in [0.05, 0.1) is 26.1 Å². The second-order valence-corrected chi connectivity index (χ2v) is 9.79. The van der Waals surface area contributed by atoms with Gasteiger partial charge in [-0.15, -0.1) is 0 Å². The van der Waals surface area contributed by atoms with Crippen LogP contribution >= 0.6 is 11.6 Å². The first-order chi connectivity index (χ1) is 20.1. The molecule has 1 aliphatic rings. The average molecular weight is 602 g/mol. The Morgan fingerprint density at radius 3 is 2.29 bits per heavy atom. The number of halogens is 1. The number of esters is 1. The lowest BCUT2D eigenvalue weighted by molar-refractivity contribution is -0.146. The molecule has 1 fully saturated rings. The van der Waals surface area contributed by atoms with Gasteiger partial charge in [-0.25, -0.2) is 4.79 Å². The Hall–Kier alpha value is -4.26. The number of carboxylic acid groups (broad SMARTS) is 2. The normalized spacial score (nSPS) is 13.8. The monoisotopic (exact) mass is 601 g/mol. The van der Waals surface area contributed by atoms with E-state index in [4.69, 9.17) is 31.3 Å². The standard InChI is InChI=1S/C25H26ClN3O5.C4H6O4/c26-19-7-5-17(6-8-19)24(31)28-22(25(32)34-14-11-29-9-12-33-13-10-29)15-18-16-23(30)27-21-4-2-1-3-20(18)21;5-3(6)1-2-4(7)8/h1-8,16,22H,9-15H2,(H,27,30)(H,28,31);1-2H2,(H,5,6)(H,7,8). The molecule has 1 amide bonds. The molecular weight excluding hydrogens is 570 g/mol. The summed E-state index contributed by atoms with van der Waals surface area (Å²) in [6, 6.07) is 14.2. The van der Waals surface area contributed by atoms with E-state index < -0.39 is 29.9 Å². The first-order valence-electron chi connectivity index (χ1n) is 13.2. The molecule has 0 bridgehead atoms. The summed E-state index contributed by atoms with van der Waals surface area (Å²) in [5, 5.41) is 19.9. The highest BCUT2D eigenvalue weighted by molar-refractivity contribution is 6.30. The molecule has 1 aliphatic heterocycles. The fourth-order valence-corrected chi connectivity index (χ4v) is 4.24. The number of aromatic amines is 1. The molecular formula is C29H32ClN3O9. The van der Waals surface area contributed by atoms with Crippen molar-refractivity contribution in [3.63, 3.8) is 0 Å². The summed E-state index contributed by atoms with van der Waals surface area (Å²) >= 11 is 5.92. The number of hydrogen-bond acceptors (Lipinski definition) is 8. The van der Waals surface area contributed by atoms with E-state index in [1.807, 2.05) is 18.2 Å². The van der Waals surface area contributed by atoms with Gasteiger partial charge in [0.25, 0.3) is 5.91 Å². The molecule has 1 aromatic heterocycles. The topological polar surface area (TPSA) is 175 Å². The third-order valence-electron chi connectivity index (χ3n) is 6.26. The first kappa shape index (κ1) is 32.3. The number of pyridine rings is 1. The van der Waals surface area contributed by atoms with Crippen molar-refractivity contribution in [2.24, 2.45) is 0 Å². The van der Waals surface area contributed by atoms with Crippen LogP contribution in [0.5, 0.6) is 0 Å². The number of ether oxygens (including phenoxy) is 2. The number of carbonyl (C=O) groups excluding carboxylic acids is 2. The SMILES string of the molecule is O=C(NC(Cc1cc(=O)[nH]c2ccccc12)C(=O)OCCN1CCOCC1)c1ccc(Cl)cc1.O=C(O)CCC(=O)O. The number of fused-ring (bicyclic) bond motifs is 1. The number of hydrogen-bond donors (Lipinski definition) is 4. The molecule has 3 aromatic rings. The zero-order chi connectivity index (χ0) is 30.5. The summed E-state index contributed by atoms with van der Waals surface area (Å²) < 4.78 is 10.9. The number of aromatic nitrogens is 1. The van der Waals surface area contributed by atoms with Gasteiger partial charge in [-0.05, 0) is 35.9 Å². The third kappa shape index (κ3) is 10.6. The first-order valence-corrected chi connectivity index (χ1v) is 13.6. The van der Waals surface area contributed by atoms with Crippen molar-refractivity contribution in [1.29, 1.82) is 0 Å². The van der Waals surface area contributed by atoms with Gasteiger partial charge in [-0.1, -0.05) is 29.8 Å². The summed E-state index contributed by atoms with van der Waals surface area (Å²) in [6.45, 7) is 3.66. The average Bonchev–Trinajstić information content (AvgIpc) is 2.96. The molecule has 0 radical (unpaired) electrons. The van der Waals surface area contributed by atoms with E-state index >= 15 is 0 Å². The maximum atomic E-state index is 13.0. The Kier molecular flexibility index (Phi) is 12.5. The van der Waals surface area contributed by atoms with E-state index in [1.54, 1.807) is 30.3 Å². The van der Waals surface area contributed by atoms with Crippen LogP contribution in [0.25, 0.3) is 10.9 Å². The second kappa shape index (κ2) is 16.2. The summed E-state index contributed by atoms with van der Waals surface area (Å²) in [6.07, 6.45) is -0.481. The van der Waals surface area contributed by atoms with E-state index in [2.05, 4.69) is 15.2 Å². The van der Waals surface area contributed by atoms with E-state index in [9.17, 15) is 24.0 Å². The van der Waals surface area contributed by atoms with Crippen LogP contribution in [0.15, 0.2) is 59.4 Å². The van der Waals surface area contributed by atoms with Crippen LogP contribution < -0.4 is 10.9 Å². The quantitative estimate of drug-likeness (QED) is 0.239. The highest BCUT2D eigenvalue weighted by Crippen LogP contribution is 2.17. The number of para-hydroxylation sites is 1. The van der Waals surface area contributed by atoms with Crippen molar-refractivity contribution >= 4 is 46.3 Å². The van der Waals surface area contributed by atoms with Crippen LogP contribution in [0.2, 0.25) is 5.02 Å². The van der Waals surface area contributed by atoms with Crippen molar-refractivity contribution in [3.8, 4) is 0 Å². The minimum atomic E-state index is -1.08. The van der Waals surface area contributed by atoms with Crippen LogP contribution in [0.4, 0.5) is 0 Å². The van der Waals surface area contributed by atoms with Crippen molar-refractivity contribution in [2.75, 3.05) is 39.5 Å². The smallest absolute Gasteiger partial charge is 0.329 e. The Balaban J connectivity index is 0.000000531. The molecule has 0 aliphatic carbocycles. The van der Waals surface area contributed by atoms with E-state index in [0.29, 0.717) is 41.4 Å². The third-order valence-corrected chi connectivity index (χ3v) is 6.52. The molecule has 1 atom stereocenters. The second-order valence-electron chi connectivity index (χ2n) is 9.35. The summed E-state index contributed by atoms with van der Waals surface area (Å²) in [7, 11) is 0. The molecule has 2 aromatic carbocycles. The molecule has 1 saturated heterocycles. The minimum absolute atomic E-state index is 0.111. The Morgan fingerprint density at radius 2 is 1.64 bits per heavy atom. The fraction of sp³-hybridized carbons (Fsp3) is 0.345. The lowest BCUT2D eigenvalue weighted by Crippen LogP contribution is -2.44. The van der Waals surface area contributed by atoms with Crippen LogP contribution in [-0.2, 0) is 30.3 Å².